The monoisotopic (exact) mass is 336 g/mol. The van der Waals surface area contributed by atoms with Gasteiger partial charge in [0.05, 0.1) is 5.92 Å². The molecule has 5 nitrogen and oxygen atoms in total. The molecule has 1 atom stereocenters. The zero-order chi connectivity index (χ0) is 17.2. The van der Waals surface area contributed by atoms with E-state index in [-0.39, 0.29) is 11.8 Å². The lowest BCUT2D eigenvalue weighted by Gasteiger charge is -2.17. The highest BCUT2D eigenvalue weighted by atomic mass is 16.1. The molecule has 1 aromatic heterocycles. The number of benzene rings is 1. The van der Waals surface area contributed by atoms with E-state index in [9.17, 15) is 4.79 Å². The van der Waals surface area contributed by atoms with Crippen molar-refractivity contribution in [1.29, 1.82) is 0 Å². The van der Waals surface area contributed by atoms with Crippen LogP contribution in [0.3, 0.4) is 0 Å². The topological polar surface area (TPSA) is 69.8 Å². The Morgan fingerprint density at radius 1 is 1.32 bits per heavy atom. The van der Waals surface area contributed by atoms with Crippen LogP contribution < -0.4 is 10.6 Å². The van der Waals surface area contributed by atoms with Crippen LogP contribution in [0.25, 0.3) is 5.57 Å². The van der Waals surface area contributed by atoms with Crippen molar-refractivity contribution in [3.8, 4) is 0 Å². The first-order chi connectivity index (χ1) is 12.2. The van der Waals surface area contributed by atoms with Gasteiger partial charge in [-0.1, -0.05) is 30.3 Å². The minimum absolute atomic E-state index is 0.0229. The maximum Gasteiger partial charge on any atom is 0.232 e. The van der Waals surface area contributed by atoms with Gasteiger partial charge in [0, 0.05) is 24.2 Å². The second-order valence-electron chi connectivity index (χ2n) is 7.00. The quantitative estimate of drug-likeness (QED) is 0.784. The van der Waals surface area contributed by atoms with Gasteiger partial charge in [-0.25, -0.2) is 0 Å². The molecule has 1 amide bonds. The van der Waals surface area contributed by atoms with Gasteiger partial charge in [-0.3, -0.25) is 9.89 Å². The Balaban J connectivity index is 1.46. The van der Waals surface area contributed by atoms with E-state index in [4.69, 9.17) is 0 Å². The zero-order valence-corrected chi connectivity index (χ0v) is 14.5. The highest BCUT2D eigenvalue weighted by molar-refractivity contribution is 5.95. The van der Waals surface area contributed by atoms with E-state index in [1.54, 1.807) is 0 Å². The van der Waals surface area contributed by atoms with Gasteiger partial charge >= 0.3 is 0 Å². The first-order valence-electron chi connectivity index (χ1n) is 9.07. The van der Waals surface area contributed by atoms with Crippen molar-refractivity contribution in [2.45, 2.75) is 38.0 Å². The number of amides is 1. The largest absolute Gasteiger partial charge is 0.313 e. The molecular weight excluding hydrogens is 312 g/mol. The molecule has 2 aliphatic rings. The van der Waals surface area contributed by atoms with E-state index in [1.165, 1.54) is 24.0 Å². The molecular formula is C20H24N4O. The molecule has 130 valence electrons. The third-order valence-corrected chi connectivity index (χ3v) is 5.08. The van der Waals surface area contributed by atoms with Crippen molar-refractivity contribution in [3.05, 3.63) is 53.2 Å². The fourth-order valence-electron chi connectivity index (χ4n) is 3.28. The molecule has 2 aromatic rings. The SMILES string of the molecule is CC(C(=O)Nc1cc(C2CC2)[nH]n1)c1cccc(C2=CCNCC2)c1. The number of hydrogen-bond acceptors (Lipinski definition) is 3. The molecule has 0 radical (unpaired) electrons. The summed E-state index contributed by atoms with van der Waals surface area (Å²) in [5, 5.41) is 13.5. The molecule has 1 aliphatic carbocycles. The predicted octanol–water partition coefficient (Wildman–Crippen LogP) is 3.41. The van der Waals surface area contributed by atoms with Gasteiger partial charge in [0.1, 0.15) is 0 Å². The third-order valence-electron chi connectivity index (χ3n) is 5.08. The molecule has 0 bridgehead atoms. The number of nitrogens with one attached hydrogen (secondary N) is 3. The molecule has 25 heavy (non-hydrogen) atoms. The maximum absolute atomic E-state index is 12.6. The van der Waals surface area contributed by atoms with Crippen molar-refractivity contribution in [1.82, 2.24) is 15.5 Å². The van der Waals surface area contributed by atoms with Crippen molar-refractivity contribution in [3.63, 3.8) is 0 Å². The summed E-state index contributed by atoms with van der Waals surface area (Å²) >= 11 is 0. The predicted molar refractivity (Wildman–Crippen MR) is 99.5 cm³/mol. The van der Waals surface area contributed by atoms with E-state index in [0.29, 0.717) is 11.7 Å². The van der Waals surface area contributed by atoms with Crippen LogP contribution in [-0.2, 0) is 4.79 Å². The number of aromatic nitrogens is 2. The van der Waals surface area contributed by atoms with Gasteiger partial charge in [-0.15, -0.1) is 0 Å². The molecule has 1 fully saturated rings. The van der Waals surface area contributed by atoms with Crippen LogP contribution in [-0.4, -0.2) is 29.2 Å². The number of rotatable bonds is 5. The number of aromatic amines is 1. The normalized spacial score (nSPS) is 18.5. The number of anilines is 1. The van der Waals surface area contributed by atoms with E-state index in [1.807, 2.05) is 25.1 Å². The molecule has 4 rings (SSSR count). The first kappa shape index (κ1) is 16.1. The minimum Gasteiger partial charge on any atom is -0.313 e. The number of hydrogen-bond donors (Lipinski definition) is 3. The Hall–Kier alpha value is -2.40. The zero-order valence-electron chi connectivity index (χ0n) is 14.5. The molecule has 5 heteroatoms. The van der Waals surface area contributed by atoms with Crippen molar-refractivity contribution < 1.29 is 4.79 Å². The summed E-state index contributed by atoms with van der Waals surface area (Å²) in [6.45, 7) is 3.87. The van der Waals surface area contributed by atoms with Crippen LogP contribution in [0, 0.1) is 0 Å². The second-order valence-corrected chi connectivity index (χ2v) is 7.00. The highest BCUT2D eigenvalue weighted by Crippen LogP contribution is 2.39. The first-order valence-corrected chi connectivity index (χ1v) is 9.07. The Morgan fingerprint density at radius 2 is 2.20 bits per heavy atom. The van der Waals surface area contributed by atoms with Gasteiger partial charge in [0.25, 0.3) is 0 Å². The fraction of sp³-hybridized carbons (Fsp3) is 0.400. The van der Waals surface area contributed by atoms with Crippen LogP contribution >= 0.6 is 0 Å². The number of carbonyl (C=O) groups excluding carboxylic acids is 1. The molecule has 1 aliphatic heterocycles. The molecule has 0 spiro atoms. The Morgan fingerprint density at radius 3 is 2.96 bits per heavy atom. The number of carbonyl (C=O) groups is 1. The average Bonchev–Trinajstić information content (AvgIpc) is 3.41. The van der Waals surface area contributed by atoms with Crippen LogP contribution in [0.5, 0.6) is 0 Å². The molecule has 1 saturated carbocycles. The summed E-state index contributed by atoms with van der Waals surface area (Å²) in [6, 6.07) is 10.3. The standard InChI is InChI=1S/C20H24N4O/c1-13(20(25)22-19-12-18(23-24-19)15-5-6-15)16-3-2-4-17(11-16)14-7-9-21-10-8-14/h2-4,7,11-13,15,21H,5-6,8-10H2,1H3,(H2,22,23,24,25). The van der Waals surface area contributed by atoms with E-state index in [0.717, 1.165) is 30.8 Å². The Bertz CT molecular complexity index is 804. The lowest BCUT2D eigenvalue weighted by atomic mass is 9.93. The lowest BCUT2D eigenvalue weighted by molar-refractivity contribution is -0.117. The van der Waals surface area contributed by atoms with Crippen LogP contribution in [0.15, 0.2) is 36.4 Å². The highest BCUT2D eigenvalue weighted by Gasteiger charge is 2.26. The van der Waals surface area contributed by atoms with Crippen molar-refractivity contribution in [2.75, 3.05) is 18.4 Å². The van der Waals surface area contributed by atoms with E-state index < -0.39 is 0 Å². The number of H-pyrrole nitrogens is 1. The smallest absolute Gasteiger partial charge is 0.232 e. The van der Waals surface area contributed by atoms with Gasteiger partial charge in [0.2, 0.25) is 5.91 Å². The molecule has 3 N–H and O–H groups in total. The summed E-state index contributed by atoms with van der Waals surface area (Å²) in [5.41, 5.74) is 4.74. The Labute approximate surface area is 147 Å². The summed E-state index contributed by atoms with van der Waals surface area (Å²) < 4.78 is 0. The second kappa shape index (κ2) is 6.84. The van der Waals surface area contributed by atoms with Gasteiger partial charge in [-0.2, -0.15) is 5.10 Å². The van der Waals surface area contributed by atoms with Crippen LogP contribution in [0.4, 0.5) is 5.82 Å². The molecule has 1 aromatic carbocycles. The van der Waals surface area contributed by atoms with Gasteiger partial charge < -0.3 is 10.6 Å². The average molecular weight is 336 g/mol. The minimum atomic E-state index is -0.219. The van der Waals surface area contributed by atoms with E-state index >= 15 is 0 Å². The summed E-state index contributed by atoms with van der Waals surface area (Å²) in [6.07, 6.45) is 5.69. The van der Waals surface area contributed by atoms with Gasteiger partial charge in [0.15, 0.2) is 5.82 Å². The summed E-state index contributed by atoms with van der Waals surface area (Å²) in [7, 11) is 0. The molecule has 0 saturated heterocycles. The van der Waals surface area contributed by atoms with Crippen LogP contribution in [0.2, 0.25) is 0 Å². The molecule has 1 unspecified atom stereocenters. The van der Waals surface area contributed by atoms with Crippen molar-refractivity contribution >= 4 is 17.3 Å². The third kappa shape index (κ3) is 3.66. The molecule has 2 heterocycles. The van der Waals surface area contributed by atoms with Crippen LogP contribution in [0.1, 0.15) is 54.8 Å². The van der Waals surface area contributed by atoms with Crippen molar-refractivity contribution in [2.24, 2.45) is 0 Å². The lowest BCUT2D eigenvalue weighted by Crippen LogP contribution is -2.20. The van der Waals surface area contributed by atoms with Gasteiger partial charge in [-0.05, 0) is 49.4 Å². The summed E-state index contributed by atoms with van der Waals surface area (Å²) in [5.74, 6) is 0.982. The fourth-order valence-corrected chi connectivity index (χ4v) is 3.28. The Kier molecular flexibility index (Phi) is 4.40. The van der Waals surface area contributed by atoms with E-state index in [2.05, 4.69) is 39.0 Å². The maximum atomic E-state index is 12.6. The summed E-state index contributed by atoms with van der Waals surface area (Å²) in [4.78, 5) is 12.6. The number of nitrogens with zero attached hydrogens (tertiary/aromatic N) is 1.